The first-order valence-electron chi connectivity index (χ1n) is 3.13. The monoisotopic (exact) mass is 112 g/mol. The van der Waals surface area contributed by atoms with Crippen molar-refractivity contribution in [3.63, 3.8) is 0 Å². The molecule has 1 nitrogen and oxygen atoms in total. The maximum absolute atomic E-state index is 10.3. The van der Waals surface area contributed by atoms with Gasteiger partial charge in [0.1, 0.15) is 6.29 Å². The van der Waals surface area contributed by atoms with Gasteiger partial charge in [0.05, 0.1) is 0 Å². The first-order chi connectivity index (χ1) is 3.67. The van der Waals surface area contributed by atoms with Crippen molar-refractivity contribution in [2.75, 3.05) is 0 Å². The predicted octanol–water partition coefficient (Wildman–Crippen LogP) is 1.62. The first kappa shape index (κ1) is 5.80. The molecule has 0 saturated heterocycles. The van der Waals surface area contributed by atoms with E-state index in [9.17, 15) is 4.79 Å². The minimum absolute atomic E-state index is 0.0278. The Morgan fingerprint density at radius 1 is 1.50 bits per heavy atom. The Morgan fingerprint density at radius 2 is 2.00 bits per heavy atom. The Morgan fingerprint density at radius 3 is 2.12 bits per heavy atom. The Balaban J connectivity index is 2.49. The molecule has 0 aromatic rings. The van der Waals surface area contributed by atoms with E-state index in [-0.39, 0.29) is 5.41 Å². The van der Waals surface area contributed by atoms with E-state index in [2.05, 4.69) is 0 Å². The van der Waals surface area contributed by atoms with E-state index in [1.807, 2.05) is 13.8 Å². The summed E-state index contributed by atoms with van der Waals surface area (Å²) in [4.78, 5) is 10.3. The van der Waals surface area contributed by atoms with Crippen molar-refractivity contribution in [2.45, 2.75) is 26.7 Å². The van der Waals surface area contributed by atoms with Crippen LogP contribution in [0.25, 0.3) is 0 Å². The Kier molecular flexibility index (Phi) is 1.14. The van der Waals surface area contributed by atoms with E-state index < -0.39 is 0 Å². The van der Waals surface area contributed by atoms with Crippen LogP contribution in [0.5, 0.6) is 0 Å². The highest BCUT2D eigenvalue weighted by Crippen LogP contribution is 2.43. The molecular weight excluding hydrogens is 100 g/mol. The second kappa shape index (κ2) is 1.57. The number of hydrogen-bond acceptors (Lipinski definition) is 1. The summed E-state index contributed by atoms with van der Waals surface area (Å²) >= 11 is 0. The van der Waals surface area contributed by atoms with E-state index in [1.54, 1.807) is 0 Å². The quantitative estimate of drug-likeness (QED) is 0.496. The third-order valence-corrected chi connectivity index (χ3v) is 1.93. The zero-order valence-corrected chi connectivity index (χ0v) is 5.48. The summed E-state index contributed by atoms with van der Waals surface area (Å²) in [7, 11) is 0. The van der Waals surface area contributed by atoms with Gasteiger partial charge in [-0.1, -0.05) is 13.8 Å². The highest BCUT2D eigenvalue weighted by Gasteiger charge is 2.37. The van der Waals surface area contributed by atoms with E-state index in [0.717, 1.165) is 6.29 Å². The van der Waals surface area contributed by atoms with Crippen LogP contribution in [-0.2, 0) is 4.79 Å². The van der Waals surface area contributed by atoms with Gasteiger partial charge in [-0.25, -0.2) is 0 Å². The van der Waals surface area contributed by atoms with E-state index in [0.29, 0.717) is 5.92 Å². The average molecular weight is 112 g/mol. The minimum Gasteiger partial charge on any atom is -0.303 e. The summed E-state index contributed by atoms with van der Waals surface area (Å²) in [6.07, 6.45) is 3.59. The molecule has 0 heterocycles. The lowest BCUT2D eigenvalue weighted by molar-refractivity contribution is -0.115. The van der Waals surface area contributed by atoms with Crippen molar-refractivity contribution in [3.8, 4) is 0 Å². The fourth-order valence-corrected chi connectivity index (χ4v) is 0.924. The third-order valence-electron chi connectivity index (χ3n) is 1.93. The van der Waals surface area contributed by atoms with Crippen LogP contribution in [0, 0.1) is 11.3 Å². The zero-order chi connectivity index (χ0) is 6.20. The van der Waals surface area contributed by atoms with Gasteiger partial charge in [0, 0.05) is 5.41 Å². The van der Waals surface area contributed by atoms with Crippen LogP contribution in [-0.4, -0.2) is 6.29 Å². The molecule has 1 saturated carbocycles. The highest BCUT2D eigenvalue weighted by atomic mass is 16.1. The molecular formula is C7H12O. The van der Waals surface area contributed by atoms with Crippen molar-refractivity contribution in [3.05, 3.63) is 0 Å². The second-order valence-corrected chi connectivity index (χ2v) is 3.21. The van der Waals surface area contributed by atoms with Gasteiger partial charge in [-0.3, -0.25) is 0 Å². The standard InChI is InChI=1S/C7H12O/c1-7(2,5-8)6-3-4-6/h5-6H,3-4H2,1-2H3. The summed E-state index contributed by atoms with van der Waals surface area (Å²) < 4.78 is 0. The second-order valence-electron chi connectivity index (χ2n) is 3.21. The molecule has 8 heavy (non-hydrogen) atoms. The summed E-state index contributed by atoms with van der Waals surface area (Å²) in [6.45, 7) is 4.02. The lowest BCUT2D eigenvalue weighted by atomic mass is 9.90. The number of aldehydes is 1. The first-order valence-corrected chi connectivity index (χ1v) is 3.13. The van der Waals surface area contributed by atoms with Crippen LogP contribution in [0.4, 0.5) is 0 Å². The number of carbonyl (C=O) groups is 1. The molecule has 1 fully saturated rings. The maximum atomic E-state index is 10.3. The Hall–Kier alpha value is -0.330. The summed E-state index contributed by atoms with van der Waals surface area (Å²) in [5.41, 5.74) is -0.0278. The maximum Gasteiger partial charge on any atom is 0.125 e. The number of hydrogen-bond donors (Lipinski definition) is 0. The molecule has 1 aliphatic rings. The smallest absolute Gasteiger partial charge is 0.125 e. The lowest BCUT2D eigenvalue weighted by Crippen LogP contribution is -2.14. The molecule has 1 aliphatic carbocycles. The van der Waals surface area contributed by atoms with Gasteiger partial charge in [-0.15, -0.1) is 0 Å². The molecule has 0 aliphatic heterocycles. The van der Waals surface area contributed by atoms with Gasteiger partial charge in [0.25, 0.3) is 0 Å². The summed E-state index contributed by atoms with van der Waals surface area (Å²) in [6, 6.07) is 0. The molecule has 0 spiro atoms. The molecule has 0 aromatic heterocycles. The van der Waals surface area contributed by atoms with Crippen molar-refractivity contribution >= 4 is 6.29 Å². The van der Waals surface area contributed by atoms with Crippen molar-refractivity contribution in [1.29, 1.82) is 0 Å². The van der Waals surface area contributed by atoms with Crippen LogP contribution in [0.1, 0.15) is 26.7 Å². The number of rotatable bonds is 2. The topological polar surface area (TPSA) is 17.1 Å². The van der Waals surface area contributed by atoms with Crippen LogP contribution in [0.15, 0.2) is 0 Å². The van der Waals surface area contributed by atoms with Gasteiger partial charge >= 0.3 is 0 Å². The van der Waals surface area contributed by atoms with E-state index in [4.69, 9.17) is 0 Å². The van der Waals surface area contributed by atoms with Crippen molar-refractivity contribution in [1.82, 2.24) is 0 Å². The summed E-state index contributed by atoms with van der Waals surface area (Å²) in [5.74, 6) is 0.694. The largest absolute Gasteiger partial charge is 0.303 e. The van der Waals surface area contributed by atoms with Gasteiger partial charge < -0.3 is 4.79 Å². The van der Waals surface area contributed by atoms with E-state index in [1.165, 1.54) is 12.8 Å². The molecule has 0 N–H and O–H groups in total. The lowest BCUT2D eigenvalue weighted by Gasteiger charge is -2.13. The minimum atomic E-state index is -0.0278. The normalized spacial score (nSPS) is 20.8. The average Bonchev–Trinajstić information content (AvgIpc) is 2.44. The molecule has 0 radical (unpaired) electrons. The highest BCUT2D eigenvalue weighted by molar-refractivity contribution is 5.59. The third kappa shape index (κ3) is 0.908. The van der Waals surface area contributed by atoms with Crippen LogP contribution in [0.2, 0.25) is 0 Å². The molecule has 0 bridgehead atoms. The Bertz CT molecular complexity index is 101. The van der Waals surface area contributed by atoms with Crippen molar-refractivity contribution in [2.24, 2.45) is 11.3 Å². The molecule has 46 valence electrons. The fraction of sp³-hybridized carbons (Fsp3) is 0.857. The van der Waals surface area contributed by atoms with Gasteiger partial charge in [-0.2, -0.15) is 0 Å². The SMILES string of the molecule is CC(C)(C=O)C1CC1. The molecule has 1 rings (SSSR count). The van der Waals surface area contributed by atoms with Crippen LogP contribution < -0.4 is 0 Å². The van der Waals surface area contributed by atoms with Gasteiger partial charge in [0.15, 0.2) is 0 Å². The predicted molar refractivity (Wildman–Crippen MR) is 32.6 cm³/mol. The van der Waals surface area contributed by atoms with Crippen molar-refractivity contribution < 1.29 is 4.79 Å². The fourth-order valence-electron chi connectivity index (χ4n) is 0.924. The van der Waals surface area contributed by atoms with Crippen LogP contribution >= 0.6 is 0 Å². The number of carbonyl (C=O) groups excluding carboxylic acids is 1. The molecule has 0 unspecified atom stereocenters. The van der Waals surface area contributed by atoms with Gasteiger partial charge in [0.2, 0.25) is 0 Å². The van der Waals surface area contributed by atoms with E-state index >= 15 is 0 Å². The molecule has 1 heteroatoms. The zero-order valence-electron chi connectivity index (χ0n) is 5.48. The molecule has 0 atom stereocenters. The Labute approximate surface area is 50.1 Å². The van der Waals surface area contributed by atoms with Gasteiger partial charge in [-0.05, 0) is 18.8 Å². The molecule has 0 amide bonds. The van der Waals surface area contributed by atoms with Crippen LogP contribution in [0.3, 0.4) is 0 Å². The molecule has 0 aromatic carbocycles. The summed E-state index contributed by atoms with van der Waals surface area (Å²) in [5, 5.41) is 0.